The fourth-order valence-corrected chi connectivity index (χ4v) is 5.07. The number of hydrazine groups is 1. The predicted molar refractivity (Wildman–Crippen MR) is 138 cm³/mol. The molecule has 2 heterocycles. The van der Waals surface area contributed by atoms with Gasteiger partial charge in [0.05, 0.1) is 16.8 Å². The van der Waals surface area contributed by atoms with E-state index < -0.39 is 0 Å². The van der Waals surface area contributed by atoms with E-state index in [0.717, 1.165) is 48.1 Å². The van der Waals surface area contributed by atoms with Crippen LogP contribution in [-0.4, -0.2) is 29.7 Å². The van der Waals surface area contributed by atoms with Crippen molar-refractivity contribution < 1.29 is 4.79 Å². The lowest BCUT2D eigenvalue weighted by atomic mass is 9.87. The fraction of sp³-hybridized carbons (Fsp3) is 0.391. The molecule has 2 aromatic carbocycles. The quantitative estimate of drug-likeness (QED) is 0.446. The van der Waals surface area contributed by atoms with Crippen LogP contribution in [-0.2, 0) is 4.79 Å². The lowest BCUT2D eigenvalue weighted by Gasteiger charge is -2.29. The number of hydrogen-bond acceptors (Lipinski definition) is 4. The molecule has 2 aliphatic rings. The third-order valence-electron chi connectivity index (χ3n) is 5.87. The van der Waals surface area contributed by atoms with E-state index in [1.165, 1.54) is 6.42 Å². The first-order valence-electron chi connectivity index (χ1n) is 10.6. The largest absolute Gasteiger partial charge is 0.284 e. The summed E-state index contributed by atoms with van der Waals surface area (Å²) in [6, 6.07) is 13.4. The zero-order valence-corrected chi connectivity index (χ0v) is 21.6. The average Bonchev–Trinajstić information content (AvgIpc) is 3.14. The van der Waals surface area contributed by atoms with E-state index >= 15 is 0 Å². The molecule has 2 aliphatic heterocycles. The zero-order valence-electron chi connectivity index (χ0n) is 17.7. The van der Waals surface area contributed by atoms with E-state index in [-0.39, 0.29) is 30.3 Å². The van der Waals surface area contributed by atoms with Crippen LogP contribution in [0.15, 0.2) is 52.0 Å². The van der Waals surface area contributed by atoms with Crippen LogP contribution in [0.4, 0.5) is 5.69 Å². The maximum atomic E-state index is 13.3. The Morgan fingerprint density at radius 1 is 1.12 bits per heavy atom. The van der Waals surface area contributed by atoms with Gasteiger partial charge in [-0.2, -0.15) is 5.10 Å². The number of piperidine rings is 1. The summed E-state index contributed by atoms with van der Waals surface area (Å²) in [6.45, 7) is 3.84. The third-order valence-corrected chi connectivity index (χ3v) is 6.93. The molecule has 1 saturated heterocycles. The van der Waals surface area contributed by atoms with Crippen LogP contribution in [0, 0.1) is 5.92 Å². The van der Waals surface area contributed by atoms with Crippen molar-refractivity contribution >= 4 is 68.8 Å². The Morgan fingerprint density at radius 3 is 2.44 bits per heavy atom. The highest BCUT2D eigenvalue weighted by molar-refractivity contribution is 9.10. The van der Waals surface area contributed by atoms with Gasteiger partial charge in [-0.05, 0) is 55.2 Å². The monoisotopic (exact) mass is 558 g/mol. The first kappa shape index (κ1) is 25.3. The van der Waals surface area contributed by atoms with E-state index in [0.29, 0.717) is 15.8 Å². The molecule has 5 nitrogen and oxygen atoms in total. The summed E-state index contributed by atoms with van der Waals surface area (Å²) in [5.74, 6) is -0.207. The van der Waals surface area contributed by atoms with Crippen LogP contribution >= 0.6 is 51.5 Å². The molecule has 1 N–H and O–H groups in total. The summed E-state index contributed by atoms with van der Waals surface area (Å²) >= 11 is 16.2. The van der Waals surface area contributed by atoms with Gasteiger partial charge >= 0.3 is 0 Å². The van der Waals surface area contributed by atoms with Gasteiger partial charge < -0.3 is 0 Å². The first-order valence-corrected chi connectivity index (χ1v) is 12.2. The Balaban J connectivity index is 0.00000289. The highest BCUT2D eigenvalue weighted by atomic mass is 79.9. The number of halogens is 4. The Bertz CT molecular complexity index is 980. The van der Waals surface area contributed by atoms with Gasteiger partial charge in [0.25, 0.3) is 5.91 Å². The molecule has 1 fully saturated rings. The number of rotatable bonds is 5. The lowest BCUT2D eigenvalue weighted by Crippen LogP contribution is -2.48. The van der Waals surface area contributed by atoms with E-state index in [9.17, 15) is 4.79 Å². The number of benzene rings is 2. The summed E-state index contributed by atoms with van der Waals surface area (Å²) in [7, 11) is 0. The summed E-state index contributed by atoms with van der Waals surface area (Å²) < 4.78 is 1.00. The minimum atomic E-state index is -0.140. The summed E-state index contributed by atoms with van der Waals surface area (Å²) in [6.07, 6.45) is 4.17. The van der Waals surface area contributed by atoms with Gasteiger partial charge in [-0.3, -0.25) is 15.2 Å². The Morgan fingerprint density at radius 2 is 1.81 bits per heavy atom. The van der Waals surface area contributed by atoms with Crippen molar-refractivity contribution in [3.8, 4) is 0 Å². The van der Waals surface area contributed by atoms with Gasteiger partial charge in [-0.1, -0.05) is 64.6 Å². The van der Waals surface area contributed by atoms with Gasteiger partial charge in [0.1, 0.15) is 5.71 Å². The molecule has 0 bridgehead atoms. The molecule has 0 radical (unpaired) electrons. The van der Waals surface area contributed by atoms with Crippen LogP contribution in [0.3, 0.4) is 0 Å². The van der Waals surface area contributed by atoms with Crippen LogP contribution in [0.5, 0.6) is 0 Å². The Hall–Kier alpha value is -1.31. The molecule has 0 unspecified atom stereocenters. The second kappa shape index (κ2) is 11.2. The lowest BCUT2D eigenvalue weighted by molar-refractivity contribution is -0.120. The number of hydrogen-bond donors (Lipinski definition) is 1. The van der Waals surface area contributed by atoms with E-state index in [1.807, 2.05) is 28.2 Å². The molecule has 172 valence electrons. The van der Waals surface area contributed by atoms with Crippen molar-refractivity contribution in [2.75, 3.05) is 18.1 Å². The van der Waals surface area contributed by atoms with E-state index in [2.05, 4.69) is 40.4 Å². The third kappa shape index (κ3) is 5.42. The molecule has 0 aromatic heterocycles. The van der Waals surface area contributed by atoms with Gasteiger partial charge in [0.15, 0.2) is 0 Å². The van der Waals surface area contributed by atoms with Gasteiger partial charge in [-0.15, -0.1) is 12.4 Å². The summed E-state index contributed by atoms with van der Waals surface area (Å²) in [5, 5.41) is 9.77. The van der Waals surface area contributed by atoms with Crippen LogP contribution in [0.1, 0.15) is 44.2 Å². The molecule has 0 saturated carbocycles. The number of carbonyl (C=O) groups excluding carboxylic acids is 1. The molecule has 1 amide bonds. The number of carbonyl (C=O) groups is 1. The molecule has 0 aliphatic carbocycles. The predicted octanol–water partition coefficient (Wildman–Crippen LogP) is 6.64. The van der Waals surface area contributed by atoms with Gasteiger partial charge in [-0.25, -0.2) is 5.01 Å². The minimum Gasteiger partial charge on any atom is -0.284 e. The summed E-state index contributed by atoms with van der Waals surface area (Å²) in [5.41, 5.74) is 5.42. The average molecular weight is 561 g/mol. The molecule has 2 aromatic rings. The second-order valence-electron chi connectivity index (χ2n) is 7.93. The molecule has 2 atom stereocenters. The van der Waals surface area contributed by atoms with Crippen molar-refractivity contribution in [1.82, 2.24) is 10.4 Å². The number of nitrogens with one attached hydrogen (secondary N) is 1. The highest BCUT2D eigenvalue weighted by Crippen LogP contribution is 2.43. The van der Waals surface area contributed by atoms with Gasteiger partial charge in [0, 0.05) is 28.5 Å². The number of hydrazone groups is 1. The van der Waals surface area contributed by atoms with Gasteiger partial charge in [0.2, 0.25) is 0 Å². The maximum absolute atomic E-state index is 13.3. The molecule has 4 rings (SSSR count). The molecule has 0 spiro atoms. The normalized spacial score (nSPS) is 21.1. The number of amides is 1. The fourth-order valence-electron chi connectivity index (χ4n) is 4.31. The Kier molecular flexibility index (Phi) is 8.87. The Labute approximate surface area is 213 Å². The molecular weight excluding hydrogens is 535 g/mol. The van der Waals surface area contributed by atoms with Crippen molar-refractivity contribution in [2.45, 2.75) is 38.6 Å². The molecule has 32 heavy (non-hydrogen) atoms. The second-order valence-corrected chi connectivity index (χ2v) is 9.68. The SMILES string of the molecule is CC[C@@H]1C(C(=O)NN2CCCCC2)=NN(c2ccc(Cl)cc2Cl)[C@@H]1c1ccc(Br)cc1.Cl. The topological polar surface area (TPSA) is 47.9 Å². The zero-order chi connectivity index (χ0) is 22.0. The molecular formula is C23H26BrCl3N4O. The van der Waals surface area contributed by atoms with Crippen molar-refractivity contribution in [3.63, 3.8) is 0 Å². The maximum Gasteiger partial charge on any atom is 0.282 e. The number of anilines is 1. The van der Waals surface area contributed by atoms with Crippen molar-refractivity contribution in [3.05, 3.63) is 62.5 Å². The smallest absolute Gasteiger partial charge is 0.282 e. The highest BCUT2D eigenvalue weighted by Gasteiger charge is 2.42. The van der Waals surface area contributed by atoms with Crippen molar-refractivity contribution in [1.29, 1.82) is 0 Å². The van der Waals surface area contributed by atoms with Crippen LogP contribution in [0.25, 0.3) is 0 Å². The van der Waals surface area contributed by atoms with E-state index in [1.54, 1.807) is 12.1 Å². The molecule has 9 heteroatoms. The van der Waals surface area contributed by atoms with Crippen molar-refractivity contribution in [2.24, 2.45) is 11.0 Å². The summed E-state index contributed by atoms with van der Waals surface area (Å²) in [4.78, 5) is 13.3. The van der Waals surface area contributed by atoms with Crippen LogP contribution < -0.4 is 10.4 Å². The van der Waals surface area contributed by atoms with Crippen LogP contribution in [0.2, 0.25) is 10.0 Å². The standard InChI is InChI=1S/C23H25BrCl2N4O.ClH/c1-2-18-21(23(31)28-29-12-4-3-5-13-29)27-30(20-11-10-17(25)14-19(20)26)22(18)15-6-8-16(24)9-7-15;/h6-11,14,18,22H,2-5,12-13H2,1H3,(H,28,31);1H/t18-,22-;/m1./s1. The van der Waals surface area contributed by atoms with E-state index in [4.69, 9.17) is 28.3 Å². The number of nitrogens with zero attached hydrogens (tertiary/aromatic N) is 3. The minimum absolute atomic E-state index is 0. The first-order chi connectivity index (χ1) is 15.0.